The molecule has 1 aromatic rings. The number of carbonyl (C=O) groups is 1. The minimum Gasteiger partial charge on any atom is -0.444 e. The van der Waals surface area contributed by atoms with Crippen LogP contribution in [0.4, 0.5) is 4.79 Å². The third kappa shape index (κ3) is 6.92. The van der Waals surface area contributed by atoms with Crippen LogP contribution >= 0.6 is 0 Å². The highest BCUT2D eigenvalue weighted by Crippen LogP contribution is 2.37. The highest BCUT2D eigenvalue weighted by Gasteiger charge is 2.57. The molecule has 8 nitrogen and oxygen atoms in total. The quantitative estimate of drug-likeness (QED) is 0.244. The summed E-state index contributed by atoms with van der Waals surface area (Å²) in [5.74, 6) is -1.48. The number of nitrogens with zero attached hydrogens (tertiary/aromatic N) is 1. The van der Waals surface area contributed by atoms with E-state index >= 15 is 0 Å². The maximum atomic E-state index is 12.9. The number of ether oxygens (including phenoxy) is 4. The molecular formula is C22H35NO7. The van der Waals surface area contributed by atoms with E-state index in [1.54, 1.807) is 7.11 Å². The maximum absolute atomic E-state index is 12.9. The number of likely N-dealkylation sites (tertiary alicyclic amines) is 1. The Labute approximate surface area is 179 Å². The van der Waals surface area contributed by atoms with Gasteiger partial charge in [0.2, 0.25) is 0 Å². The fourth-order valence-electron chi connectivity index (χ4n) is 3.11. The van der Waals surface area contributed by atoms with Gasteiger partial charge in [-0.15, -0.1) is 0 Å². The zero-order valence-corrected chi connectivity index (χ0v) is 18.9. The number of amides is 1. The van der Waals surface area contributed by atoms with E-state index in [1.807, 2.05) is 65.0 Å². The van der Waals surface area contributed by atoms with Gasteiger partial charge in [0, 0.05) is 20.1 Å². The minimum absolute atomic E-state index is 0.209. The molecule has 30 heavy (non-hydrogen) atoms. The number of hydrogen-bond donors (Lipinski definition) is 0. The van der Waals surface area contributed by atoms with Crippen LogP contribution in [0.2, 0.25) is 0 Å². The van der Waals surface area contributed by atoms with Crippen molar-refractivity contribution in [3.8, 4) is 0 Å². The average molecular weight is 426 g/mol. The summed E-state index contributed by atoms with van der Waals surface area (Å²) in [6, 6.07) is 9.68. The fourth-order valence-corrected chi connectivity index (χ4v) is 3.11. The molecule has 1 aromatic carbocycles. The van der Waals surface area contributed by atoms with Crippen molar-refractivity contribution in [1.82, 2.24) is 4.90 Å². The number of benzene rings is 1. The first-order valence-corrected chi connectivity index (χ1v) is 10.3. The molecule has 1 saturated heterocycles. The van der Waals surface area contributed by atoms with E-state index in [0.717, 1.165) is 5.56 Å². The van der Waals surface area contributed by atoms with E-state index in [4.69, 9.17) is 28.7 Å². The largest absolute Gasteiger partial charge is 0.444 e. The van der Waals surface area contributed by atoms with Crippen LogP contribution in [0, 0.1) is 0 Å². The van der Waals surface area contributed by atoms with Crippen LogP contribution in [0.25, 0.3) is 0 Å². The molecule has 0 aromatic heterocycles. The van der Waals surface area contributed by atoms with Crippen molar-refractivity contribution >= 4 is 6.09 Å². The Morgan fingerprint density at radius 2 is 1.90 bits per heavy atom. The third-order valence-corrected chi connectivity index (χ3v) is 4.27. The molecule has 0 spiro atoms. The van der Waals surface area contributed by atoms with Crippen molar-refractivity contribution in [2.45, 2.75) is 71.4 Å². The van der Waals surface area contributed by atoms with E-state index in [1.165, 1.54) is 4.90 Å². The Hall–Kier alpha value is -1.71. The molecule has 2 unspecified atom stereocenters. The molecule has 1 aliphatic rings. The Bertz CT molecular complexity index is 647. The molecule has 2 rings (SSSR count). The smallest absolute Gasteiger partial charge is 0.414 e. The fraction of sp³-hybridized carbons (Fsp3) is 0.682. The van der Waals surface area contributed by atoms with Crippen molar-refractivity contribution in [2.24, 2.45) is 0 Å². The van der Waals surface area contributed by atoms with Crippen LogP contribution in [0.1, 0.15) is 46.6 Å². The van der Waals surface area contributed by atoms with Gasteiger partial charge in [0.05, 0.1) is 19.3 Å². The Morgan fingerprint density at radius 3 is 2.50 bits per heavy atom. The summed E-state index contributed by atoms with van der Waals surface area (Å²) in [4.78, 5) is 25.6. The van der Waals surface area contributed by atoms with Crippen LogP contribution in [-0.2, 0) is 35.3 Å². The zero-order chi connectivity index (χ0) is 22.2. The van der Waals surface area contributed by atoms with Gasteiger partial charge in [-0.1, -0.05) is 30.3 Å². The van der Waals surface area contributed by atoms with Crippen molar-refractivity contribution in [2.75, 3.05) is 26.9 Å². The summed E-state index contributed by atoms with van der Waals surface area (Å²) in [6.45, 7) is 10.3. The van der Waals surface area contributed by atoms with Gasteiger partial charge >= 0.3 is 6.09 Å². The molecule has 1 aliphatic heterocycles. The zero-order valence-electron chi connectivity index (χ0n) is 18.9. The molecule has 0 aliphatic carbocycles. The number of hydrogen-bond acceptors (Lipinski definition) is 7. The monoisotopic (exact) mass is 425 g/mol. The van der Waals surface area contributed by atoms with Crippen LogP contribution in [-0.4, -0.2) is 61.6 Å². The van der Waals surface area contributed by atoms with Crippen LogP contribution in [0.15, 0.2) is 30.3 Å². The van der Waals surface area contributed by atoms with Gasteiger partial charge in [-0.05, 0) is 40.2 Å². The van der Waals surface area contributed by atoms with Gasteiger partial charge in [0.1, 0.15) is 12.2 Å². The van der Waals surface area contributed by atoms with Gasteiger partial charge in [0.15, 0.2) is 6.10 Å². The second kappa shape index (κ2) is 11.1. The molecule has 0 N–H and O–H groups in total. The molecule has 2 atom stereocenters. The molecule has 0 radical (unpaired) electrons. The van der Waals surface area contributed by atoms with Gasteiger partial charge in [-0.3, -0.25) is 4.90 Å². The second-order valence-corrected chi connectivity index (χ2v) is 8.39. The van der Waals surface area contributed by atoms with Crippen molar-refractivity contribution in [3.05, 3.63) is 35.9 Å². The first-order chi connectivity index (χ1) is 14.2. The van der Waals surface area contributed by atoms with Crippen LogP contribution < -0.4 is 0 Å². The van der Waals surface area contributed by atoms with Gasteiger partial charge in [-0.25, -0.2) is 14.6 Å². The van der Waals surface area contributed by atoms with Gasteiger partial charge in [0.25, 0.3) is 5.91 Å². The highest BCUT2D eigenvalue weighted by molar-refractivity contribution is 5.69. The lowest BCUT2D eigenvalue weighted by molar-refractivity contribution is -0.419. The first kappa shape index (κ1) is 24.6. The Morgan fingerprint density at radius 1 is 1.20 bits per heavy atom. The predicted octanol–water partition coefficient (Wildman–Crippen LogP) is 3.89. The topological polar surface area (TPSA) is 75.7 Å². The van der Waals surface area contributed by atoms with Crippen LogP contribution in [0.5, 0.6) is 0 Å². The minimum atomic E-state index is -1.48. The van der Waals surface area contributed by atoms with E-state index in [2.05, 4.69) is 0 Å². The maximum Gasteiger partial charge on any atom is 0.414 e. The van der Waals surface area contributed by atoms with E-state index < -0.39 is 23.7 Å². The second-order valence-electron chi connectivity index (χ2n) is 8.39. The van der Waals surface area contributed by atoms with E-state index in [-0.39, 0.29) is 19.3 Å². The molecular weight excluding hydrogens is 390 g/mol. The van der Waals surface area contributed by atoms with Crippen molar-refractivity contribution in [3.63, 3.8) is 0 Å². The molecule has 0 bridgehead atoms. The summed E-state index contributed by atoms with van der Waals surface area (Å²) in [6.07, 6.45) is -0.966. The summed E-state index contributed by atoms with van der Waals surface area (Å²) in [5.41, 5.74) is 0.311. The molecule has 1 amide bonds. The van der Waals surface area contributed by atoms with E-state index in [9.17, 15) is 4.79 Å². The molecule has 170 valence electrons. The standard InChI is InChI=1S/C22H35NO7/c1-17(2)28-22(26-15-14-25-6)19(30-27-16-18-10-8-7-9-11-18)12-13-23(22)20(24)29-21(3,4)5/h7-11,17,19H,12-16H2,1-6H3. The molecule has 1 heterocycles. The van der Waals surface area contributed by atoms with Gasteiger partial charge < -0.3 is 18.9 Å². The Balaban J connectivity index is 2.20. The van der Waals surface area contributed by atoms with Crippen molar-refractivity contribution in [1.29, 1.82) is 0 Å². The summed E-state index contributed by atoms with van der Waals surface area (Å²) < 4.78 is 22.9. The van der Waals surface area contributed by atoms with Crippen LogP contribution in [0.3, 0.4) is 0 Å². The average Bonchev–Trinajstić information content (AvgIpc) is 2.99. The number of rotatable bonds is 10. The number of carbonyl (C=O) groups excluding carboxylic acids is 1. The lowest BCUT2D eigenvalue weighted by Gasteiger charge is -2.41. The lowest BCUT2D eigenvalue weighted by Crippen LogP contribution is -2.59. The Kier molecular flexibility index (Phi) is 9.06. The molecule has 0 saturated carbocycles. The van der Waals surface area contributed by atoms with E-state index in [0.29, 0.717) is 19.6 Å². The molecule has 8 heteroatoms. The van der Waals surface area contributed by atoms with Crippen molar-refractivity contribution < 1.29 is 33.5 Å². The lowest BCUT2D eigenvalue weighted by atomic mass is 10.2. The summed E-state index contributed by atoms with van der Waals surface area (Å²) in [5, 5.41) is 0. The SMILES string of the molecule is COCCOC1(OC(C)C)C(OOCc2ccccc2)CCN1C(=O)OC(C)(C)C. The predicted molar refractivity (Wildman–Crippen MR) is 110 cm³/mol. The highest BCUT2D eigenvalue weighted by atomic mass is 17.2. The summed E-state index contributed by atoms with van der Waals surface area (Å²) >= 11 is 0. The first-order valence-electron chi connectivity index (χ1n) is 10.3. The summed E-state index contributed by atoms with van der Waals surface area (Å²) in [7, 11) is 1.58. The molecule has 1 fully saturated rings. The third-order valence-electron chi connectivity index (χ3n) is 4.27. The normalized spacial score (nSPS) is 22.0. The van der Waals surface area contributed by atoms with Gasteiger partial charge in [-0.2, -0.15) is 0 Å². The number of methoxy groups -OCH3 is 1.